The maximum atomic E-state index is 10.5. The Labute approximate surface area is 108 Å². The molecular formula is C12H12N2O3S. The molecule has 0 radical (unpaired) electrons. The van der Waals surface area contributed by atoms with Crippen molar-refractivity contribution in [2.75, 3.05) is 5.32 Å². The van der Waals surface area contributed by atoms with E-state index in [1.807, 2.05) is 6.92 Å². The van der Waals surface area contributed by atoms with E-state index in [0.29, 0.717) is 6.54 Å². The maximum absolute atomic E-state index is 10.5. The Morgan fingerprint density at radius 1 is 1.44 bits per heavy atom. The van der Waals surface area contributed by atoms with Crippen LogP contribution in [0.4, 0.5) is 10.7 Å². The highest BCUT2D eigenvalue weighted by atomic mass is 32.1. The van der Waals surface area contributed by atoms with E-state index >= 15 is 0 Å². The van der Waals surface area contributed by atoms with Gasteiger partial charge >= 0.3 is 5.00 Å². The van der Waals surface area contributed by atoms with E-state index in [2.05, 4.69) is 5.32 Å². The van der Waals surface area contributed by atoms with Gasteiger partial charge < -0.3 is 10.4 Å². The second-order valence-electron chi connectivity index (χ2n) is 3.90. The predicted molar refractivity (Wildman–Crippen MR) is 71.1 cm³/mol. The molecule has 5 nitrogen and oxygen atoms in total. The minimum Gasteiger partial charge on any atom is -0.508 e. The molecule has 2 aromatic rings. The van der Waals surface area contributed by atoms with Crippen molar-refractivity contribution in [2.45, 2.75) is 13.5 Å². The number of aromatic hydroxyl groups is 1. The van der Waals surface area contributed by atoms with Crippen LogP contribution in [0.3, 0.4) is 0 Å². The number of anilines is 1. The lowest BCUT2D eigenvalue weighted by atomic mass is 10.2. The highest BCUT2D eigenvalue weighted by Gasteiger charge is 2.09. The van der Waals surface area contributed by atoms with Crippen molar-refractivity contribution in [3.05, 3.63) is 50.9 Å². The van der Waals surface area contributed by atoms with E-state index in [1.54, 1.807) is 29.6 Å². The highest BCUT2D eigenvalue weighted by Crippen LogP contribution is 2.24. The molecule has 0 aliphatic heterocycles. The largest absolute Gasteiger partial charge is 0.508 e. The molecule has 1 aromatic heterocycles. The number of nitrogens with one attached hydrogen (secondary N) is 1. The van der Waals surface area contributed by atoms with Gasteiger partial charge in [0.25, 0.3) is 0 Å². The number of aryl methyl sites for hydroxylation is 1. The monoisotopic (exact) mass is 264 g/mol. The van der Waals surface area contributed by atoms with Crippen LogP contribution in [-0.4, -0.2) is 10.0 Å². The van der Waals surface area contributed by atoms with Gasteiger partial charge in [-0.3, -0.25) is 10.1 Å². The summed E-state index contributed by atoms with van der Waals surface area (Å²) in [5.74, 6) is 0.226. The summed E-state index contributed by atoms with van der Waals surface area (Å²) in [4.78, 5) is 10.2. The molecule has 2 N–H and O–H groups in total. The number of thiophene rings is 1. The molecule has 94 valence electrons. The first-order chi connectivity index (χ1) is 8.56. The van der Waals surface area contributed by atoms with Crippen molar-refractivity contribution >= 4 is 22.0 Å². The summed E-state index contributed by atoms with van der Waals surface area (Å²) >= 11 is 1.12. The third-order valence-electron chi connectivity index (χ3n) is 2.51. The molecule has 0 fully saturated rings. The lowest BCUT2D eigenvalue weighted by molar-refractivity contribution is -0.380. The standard InChI is InChI=1S/C12H12N2O3S/c1-8-4-10(15)2-3-11(8)13-6-9-5-12(14(16)17)18-7-9/h2-5,7,13,15H,6H2,1H3. The number of nitro groups is 1. The zero-order chi connectivity index (χ0) is 13.1. The van der Waals surface area contributed by atoms with Crippen molar-refractivity contribution < 1.29 is 10.0 Å². The molecule has 0 amide bonds. The second kappa shape index (κ2) is 5.05. The van der Waals surface area contributed by atoms with Crippen LogP contribution in [0, 0.1) is 17.0 Å². The number of rotatable bonds is 4. The second-order valence-corrected chi connectivity index (χ2v) is 4.79. The van der Waals surface area contributed by atoms with E-state index in [0.717, 1.165) is 28.2 Å². The number of phenols is 1. The molecule has 6 heteroatoms. The molecule has 0 unspecified atom stereocenters. The van der Waals surface area contributed by atoms with Crippen LogP contribution in [0.5, 0.6) is 5.75 Å². The van der Waals surface area contributed by atoms with Crippen LogP contribution in [-0.2, 0) is 6.54 Å². The summed E-state index contributed by atoms with van der Waals surface area (Å²) in [6.07, 6.45) is 0. The lowest BCUT2D eigenvalue weighted by Gasteiger charge is -2.08. The highest BCUT2D eigenvalue weighted by molar-refractivity contribution is 7.13. The smallest absolute Gasteiger partial charge is 0.324 e. The number of hydrogen-bond donors (Lipinski definition) is 2. The van der Waals surface area contributed by atoms with Crippen molar-refractivity contribution in [1.82, 2.24) is 0 Å². The molecule has 18 heavy (non-hydrogen) atoms. The SMILES string of the molecule is Cc1cc(O)ccc1NCc1csc([N+](=O)[O-])c1. The molecular weight excluding hydrogens is 252 g/mol. The summed E-state index contributed by atoms with van der Waals surface area (Å²) in [5.41, 5.74) is 2.71. The van der Waals surface area contributed by atoms with Crippen molar-refractivity contribution in [2.24, 2.45) is 0 Å². The Kier molecular flexibility index (Phi) is 3.47. The van der Waals surface area contributed by atoms with Crippen LogP contribution in [0.2, 0.25) is 0 Å². The van der Waals surface area contributed by atoms with Gasteiger partial charge in [-0.15, -0.1) is 0 Å². The Hall–Kier alpha value is -2.08. The Morgan fingerprint density at radius 2 is 2.22 bits per heavy atom. The van der Waals surface area contributed by atoms with Crippen LogP contribution >= 0.6 is 11.3 Å². The average Bonchev–Trinajstić information content (AvgIpc) is 2.76. The zero-order valence-electron chi connectivity index (χ0n) is 9.71. The van der Waals surface area contributed by atoms with Crippen molar-refractivity contribution in [1.29, 1.82) is 0 Å². The fourth-order valence-corrected chi connectivity index (χ4v) is 2.32. The van der Waals surface area contributed by atoms with Crippen LogP contribution in [0.25, 0.3) is 0 Å². The Bertz CT molecular complexity index is 580. The van der Waals surface area contributed by atoms with Crippen LogP contribution in [0.15, 0.2) is 29.6 Å². The molecule has 1 heterocycles. The number of phenolic OH excluding ortho intramolecular Hbond substituents is 1. The third kappa shape index (κ3) is 2.78. The molecule has 2 rings (SSSR count). The molecule has 0 atom stereocenters. The number of nitrogens with zero attached hydrogens (tertiary/aromatic N) is 1. The fraction of sp³-hybridized carbons (Fsp3) is 0.167. The minimum absolute atomic E-state index is 0.147. The van der Waals surface area contributed by atoms with E-state index in [4.69, 9.17) is 0 Å². The molecule has 0 saturated carbocycles. The molecule has 0 bridgehead atoms. The van der Waals surface area contributed by atoms with Gasteiger partial charge in [-0.1, -0.05) is 11.3 Å². The first-order valence-electron chi connectivity index (χ1n) is 5.31. The van der Waals surface area contributed by atoms with E-state index < -0.39 is 0 Å². The van der Waals surface area contributed by atoms with Gasteiger partial charge in [0.05, 0.1) is 4.92 Å². The van der Waals surface area contributed by atoms with E-state index in [1.165, 1.54) is 0 Å². The summed E-state index contributed by atoms with van der Waals surface area (Å²) < 4.78 is 0. The zero-order valence-corrected chi connectivity index (χ0v) is 10.5. The van der Waals surface area contributed by atoms with Crippen LogP contribution < -0.4 is 5.32 Å². The molecule has 0 aliphatic rings. The van der Waals surface area contributed by atoms with Gasteiger partial charge in [0, 0.05) is 23.7 Å². The predicted octanol–water partition coefficient (Wildman–Crippen LogP) is 3.28. The number of hydrogen-bond acceptors (Lipinski definition) is 5. The van der Waals surface area contributed by atoms with E-state index in [-0.39, 0.29) is 15.7 Å². The average molecular weight is 264 g/mol. The summed E-state index contributed by atoms with van der Waals surface area (Å²) in [7, 11) is 0. The van der Waals surface area contributed by atoms with Crippen LogP contribution in [0.1, 0.15) is 11.1 Å². The molecule has 1 aromatic carbocycles. The lowest BCUT2D eigenvalue weighted by Crippen LogP contribution is -1.99. The van der Waals surface area contributed by atoms with Gasteiger partial charge in [-0.25, -0.2) is 0 Å². The molecule has 0 aliphatic carbocycles. The summed E-state index contributed by atoms with van der Waals surface area (Å²) in [6.45, 7) is 2.41. The molecule has 0 spiro atoms. The van der Waals surface area contributed by atoms with Gasteiger partial charge in [0.15, 0.2) is 0 Å². The van der Waals surface area contributed by atoms with Gasteiger partial charge in [-0.05, 0) is 36.2 Å². The van der Waals surface area contributed by atoms with E-state index in [9.17, 15) is 15.2 Å². The van der Waals surface area contributed by atoms with Crippen molar-refractivity contribution in [3.63, 3.8) is 0 Å². The maximum Gasteiger partial charge on any atom is 0.324 e. The van der Waals surface area contributed by atoms with Gasteiger partial charge in [-0.2, -0.15) is 0 Å². The normalized spacial score (nSPS) is 10.3. The first kappa shape index (κ1) is 12.4. The fourth-order valence-electron chi connectivity index (χ4n) is 1.59. The topological polar surface area (TPSA) is 75.4 Å². The molecule has 0 saturated heterocycles. The quantitative estimate of drug-likeness (QED) is 0.505. The first-order valence-corrected chi connectivity index (χ1v) is 6.19. The third-order valence-corrected chi connectivity index (χ3v) is 3.44. The minimum atomic E-state index is -0.389. The Balaban J connectivity index is 2.04. The number of benzene rings is 1. The van der Waals surface area contributed by atoms with Gasteiger partial charge in [0.2, 0.25) is 0 Å². The van der Waals surface area contributed by atoms with Crippen molar-refractivity contribution in [3.8, 4) is 5.75 Å². The summed E-state index contributed by atoms with van der Waals surface area (Å²) in [6, 6.07) is 6.61. The Morgan fingerprint density at radius 3 is 2.83 bits per heavy atom. The van der Waals surface area contributed by atoms with Gasteiger partial charge in [0.1, 0.15) is 5.75 Å². The summed E-state index contributed by atoms with van der Waals surface area (Å²) in [5, 5.41) is 24.9.